The number of ketones is 1. The van der Waals surface area contributed by atoms with Gasteiger partial charge in [-0.2, -0.15) is 0 Å². The van der Waals surface area contributed by atoms with Gasteiger partial charge in [0.25, 0.3) is 0 Å². The molecule has 1 amide bonds. The summed E-state index contributed by atoms with van der Waals surface area (Å²) in [6, 6.07) is 0. The predicted octanol–water partition coefficient (Wildman–Crippen LogP) is 0.719. The summed E-state index contributed by atoms with van der Waals surface area (Å²) in [4.78, 5) is 23.3. The van der Waals surface area contributed by atoms with Crippen molar-refractivity contribution in [2.24, 2.45) is 5.41 Å². The maximum Gasteiger partial charge on any atom is 0.407 e. The average molecular weight is 169 g/mol. The van der Waals surface area contributed by atoms with Gasteiger partial charge in [-0.15, -0.1) is 0 Å². The predicted molar refractivity (Wildman–Crippen MR) is 40.9 cm³/mol. The maximum atomic E-state index is 11.3. The minimum atomic E-state index is -0.895. The van der Waals surface area contributed by atoms with Crippen molar-refractivity contribution in [3.05, 3.63) is 0 Å². The number of carbonyl (C=O) groups is 2. The molecule has 12 heavy (non-hydrogen) atoms. The topological polar surface area (TPSA) is 57.6 Å². The highest BCUT2D eigenvalue weighted by molar-refractivity contribution is 5.89. The first-order valence-corrected chi connectivity index (χ1v) is 4.15. The Morgan fingerprint density at radius 2 is 2.17 bits per heavy atom. The van der Waals surface area contributed by atoms with Crippen molar-refractivity contribution in [2.45, 2.75) is 19.3 Å². The Balaban J connectivity index is 2.08. The van der Waals surface area contributed by atoms with Gasteiger partial charge < -0.3 is 10.0 Å². The summed E-state index contributed by atoms with van der Waals surface area (Å²) in [5, 5.41) is 8.70. The van der Waals surface area contributed by atoms with Gasteiger partial charge in [-0.25, -0.2) is 4.79 Å². The molecule has 1 saturated heterocycles. The number of hydrogen-bond acceptors (Lipinski definition) is 2. The maximum absolute atomic E-state index is 11.3. The van der Waals surface area contributed by atoms with E-state index in [0.29, 0.717) is 19.5 Å². The summed E-state index contributed by atoms with van der Waals surface area (Å²) in [6.45, 7) is 0.817. The van der Waals surface area contributed by atoms with E-state index in [2.05, 4.69) is 0 Å². The third-order valence-corrected chi connectivity index (χ3v) is 2.82. The molecule has 2 fully saturated rings. The summed E-state index contributed by atoms with van der Waals surface area (Å²) in [5.74, 6) is 0.264. The molecule has 4 heteroatoms. The molecular formula is C8H11NO3. The molecule has 0 aromatic rings. The summed E-state index contributed by atoms with van der Waals surface area (Å²) in [5.41, 5.74) is -0.253. The lowest BCUT2D eigenvalue weighted by molar-refractivity contribution is -0.127. The fraction of sp³-hybridized carbons (Fsp3) is 0.750. The lowest BCUT2D eigenvalue weighted by Crippen LogP contribution is -2.44. The van der Waals surface area contributed by atoms with Crippen LogP contribution in [0.1, 0.15) is 19.3 Å². The lowest BCUT2D eigenvalue weighted by atomic mass is 9.94. The van der Waals surface area contributed by atoms with E-state index in [-0.39, 0.29) is 11.2 Å². The molecule has 2 rings (SSSR count). The van der Waals surface area contributed by atoms with E-state index in [0.717, 1.165) is 12.8 Å². The van der Waals surface area contributed by atoms with Crippen LogP contribution in [0, 0.1) is 5.41 Å². The minimum Gasteiger partial charge on any atom is -0.465 e. The molecule has 1 N–H and O–H groups in total. The smallest absolute Gasteiger partial charge is 0.407 e. The second kappa shape index (κ2) is 2.21. The summed E-state index contributed by atoms with van der Waals surface area (Å²) in [6.07, 6.45) is 1.28. The Hall–Kier alpha value is -1.06. The van der Waals surface area contributed by atoms with E-state index < -0.39 is 6.09 Å². The van der Waals surface area contributed by atoms with Gasteiger partial charge in [-0.1, -0.05) is 0 Å². The fourth-order valence-corrected chi connectivity index (χ4v) is 1.79. The normalized spacial score (nSPS) is 26.0. The molecule has 1 spiro atoms. The monoisotopic (exact) mass is 169 g/mol. The fourth-order valence-electron chi connectivity index (χ4n) is 1.79. The van der Waals surface area contributed by atoms with E-state index in [1.807, 2.05) is 0 Å². The highest BCUT2D eigenvalue weighted by atomic mass is 16.4. The first kappa shape index (κ1) is 7.58. The Kier molecular flexibility index (Phi) is 1.40. The largest absolute Gasteiger partial charge is 0.465 e. The van der Waals surface area contributed by atoms with Crippen molar-refractivity contribution in [3.63, 3.8) is 0 Å². The first-order chi connectivity index (χ1) is 5.64. The van der Waals surface area contributed by atoms with Gasteiger partial charge in [0.2, 0.25) is 0 Å². The van der Waals surface area contributed by atoms with E-state index >= 15 is 0 Å². The first-order valence-electron chi connectivity index (χ1n) is 4.15. The van der Waals surface area contributed by atoms with Crippen molar-refractivity contribution >= 4 is 11.9 Å². The average Bonchev–Trinajstić information content (AvgIpc) is 2.76. The molecule has 1 aliphatic carbocycles. The Labute approximate surface area is 70.2 Å². The number of piperidine rings is 1. The number of nitrogens with zero attached hydrogens (tertiary/aromatic N) is 1. The molecule has 0 aromatic carbocycles. The summed E-state index contributed by atoms with van der Waals surface area (Å²) >= 11 is 0. The molecule has 4 nitrogen and oxygen atoms in total. The van der Waals surface area contributed by atoms with Crippen molar-refractivity contribution in [1.82, 2.24) is 4.90 Å². The van der Waals surface area contributed by atoms with Crippen LogP contribution in [0.5, 0.6) is 0 Å². The van der Waals surface area contributed by atoms with E-state index in [9.17, 15) is 9.59 Å². The second-order valence-corrected chi connectivity index (χ2v) is 3.66. The molecule has 1 saturated carbocycles. The number of Topliss-reactive ketones (excluding diaryl/α,β-unsaturated/α-hetero) is 1. The van der Waals surface area contributed by atoms with Crippen LogP contribution in [0.15, 0.2) is 0 Å². The van der Waals surface area contributed by atoms with Crippen LogP contribution in [0.25, 0.3) is 0 Å². The standard InChI is InChI=1S/C8H11NO3/c10-6-1-4-9(7(11)12)5-8(6)2-3-8/h1-5H2,(H,11,12). The molecule has 1 aliphatic heterocycles. The quantitative estimate of drug-likeness (QED) is 0.581. The second-order valence-electron chi connectivity index (χ2n) is 3.66. The van der Waals surface area contributed by atoms with Crippen molar-refractivity contribution in [3.8, 4) is 0 Å². The van der Waals surface area contributed by atoms with Gasteiger partial charge in [0.1, 0.15) is 5.78 Å². The number of carboxylic acid groups (broad SMARTS) is 1. The van der Waals surface area contributed by atoms with Gasteiger partial charge in [-0.05, 0) is 12.8 Å². The van der Waals surface area contributed by atoms with Crippen molar-refractivity contribution in [1.29, 1.82) is 0 Å². The van der Waals surface area contributed by atoms with Crippen molar-refractivity contribution < 1.29 is 14.7 Å². The van der Waals surface area contributed by atoms with Crippen LogP contribution in [0.4, 0.5) is 4.79 Å². The van der Waals surface area contributed by atoms with Crippen molar-refractivity contribution in [2.75, 3.05) is 13.1 Å². The molecule has 66 valence electrons. The SMILES string of the molecule is O=C(O)N1CCC(=O)C2(CC2)C1. The third kappa shape index (κ3) is 0.983. The molecule has 0 unspecified atom stereocenters. The highest BCUT2D eigenvalue weighted by Gasteiger charge is 2.52. The number of likely N-dealkylation sites (tertiary alicyclic amines) is 1. The van der Waals surface area contributed by atoms with Crippen LogP contribution in [0.2, 0.25) is 0 Å². The number of carbonyl (C=O) groups excluding carboxylic acids is 1. The van der Waals surface area contributed by atoms with E-state index in [1.165, 1.54) is 4.90 Å². The van der Waals surface area contributed by atoms with Crippen LogP contribution >= 0.6 is 0 Å². The van der Waals surface area contributed by atoms with E-state index in [1.54, 1.807) is 0 Å². The van der Waals surface area contributed by atoms with Gasteiger partial charge >= 0.3 is 6.09 Å². The number of hydrogen-bond donors (Lipinski definition) is 1. The van der Waals surface area contributed by atoms with Gasteiger partial charge in [0.15, 0.2) is 0 Å². The van der Waals surface area contributed by atoms with Gasteiger partial charge in [-0.3, -0.25) is 4.79 Å². The molecule has 1 heterocycles. The van der Waals surface area contributed by atoms with Gasteiger partial charge in [0.05, 0.1) is 0 Å². The zero-order valence-corrected chi connectivity index (χ0v) is 6.75. The highest BCUT2D eigenvalue weighted by Crippen LogP contribution is 2.49. The van der Waals surface area contributed by atoms with E-state index in [4.69, 9.17) is 5.11 Å². The molecular weight excluding hydrogens is 158 g/mol. The van der Waals surface area contributed by atoms with Crippen LogP contribution in [-0.4, -0.2) is 35.0 Å². The third-order valence-electron chi connectivity index (χ3n) is 2.82. The molecule has 0 bridgehead atoms. The Morgan fingerprint density at radius 1 is 1.50 bits per heavy atom. The molecule has 0 aromatic heterocycles. The Morgan fingerprint density at radius 3 is 2.67 bits per heavy atom. The summed E-state index contributed by atoms with van der Waals surface area (Å²) in [7, 11) is 0. The molecule has 0 atom stereocenters. The number of amides is 1. The Bertz CT molecular complexity index is 245. The van der Waals surface area contributed by atoms with Crippen LogP contribution in [0.3, 0.4) is 0 Å². The molecule has 0 radical (unpaired) electrons. The summed E-state index contributed by atoms with van der Waals surface area (Å²) < 4.78 is 0. The van der Waals surface area contributed by atoms with Crippen LogP contribution < -0.4 is 0 Å². The number of rotatable bonds is 0. The molecule has 2 aliphatic rings. The van der Waals surface area contributed by atoms with Crippen LogP contribution in [-0.2, 0) is 4.79 Å². The zero-order valence-electron chi connectivity index (χ0n) is 6.75. The minimum absolute atomic E-state index is 0.253. The van der Waals surface area contributed by atoms with Gasteiger partial charge in [0, 0.05) is 24.9 Å². The zero-order chi connectivity index (χ0) is 8.77. The lowest BCUT2D eigenvalue weighted by Gasteiger charge is -2.29.